The van der Waals surface area contributed by atoms with Crippen molar-refractivity contribution in [2.24, 2.45) is 0 Å². The van der Waals surface area contributed by atoms with Crippen LogP contribution in [-0.2, 0) is 11.2 Å². The van der Waals surface area contributed by atoms with E-state index in [0.717, 1.165) is 16.8 Å². The highest BCUT2D eigenvalue weighted by atomic mass is 16.5. The molecule has 2 heterocycles. The number of nitrogens with one attached hydrogen (secondary N) is 1. The SMILES string of the molecule is CCOC(=O)c1cc(-c2cccnc2)c(CC)[nH]c1=O. The largest absolute Gasteiger partial charge is 0.462 e. The minimum Gasteiger partial charge on any atom is -0.462 e. The molecular formula is C15H16N2O3. The molecule has 0 amide bonds. The van der Waals surface area contributed by atoms with E-state index >= 15 is 0 Å². The predicted octanol–water partition coefficient (Wildman–Crippen LogP) is 2.18. The average molecular weight is 272 g/mol. The van der Waals surface area contributed by atoms with E-state index in [9.17, 15) is 9.59 Å². The Morgan fingerprint density at radius 1 is 1.40 bits per heavy atom. The van der Waals surface area contributed by atoms with E-state index in [1.54, 1.807) is 25.4 Å². The molecule has 0 saturated carbocycles. The summed E-state index contributed by atoms with van der Waals surface area (Å²) in [4.78, 5) is 30.5. The summed E-state index contributed by atoms with van der Waals surface area (Å²) in [6.07, 6.45) is 4.03. The van der Waals surface area contributed by atoms with Crippen LogP contribution < -0.4 is 5.56 Å². The van der Waals surface area contributed by atoms with Gasteiger partial charge in [0.1, 0.15) is 5.56 Å². The van der Waals surface area contributed by atoms with Crippen LogP contribution >= 0.6 is 0 Å². The van der Waals surface area contributed by atoms with Gasteiger partial charge in [-0.05, 0) is 25.5 Å². The molecule has 2 aromatic rings. The molecule has 0 aliphatic carbocycles. The number of hydrogen-bond donors (Lipinski definition) is 1. The number of aryl methyl sites for hydroxylation is 1. The molecule has 0 unspecified atom stereocenters. The van der Waals surface area contributed by atoms with Crippen molar-refractivity contribution in [3.8, 4) is 11.1 Å². The quantitative estimate of drug-likeness (QED) is 0.866. The lowest BCUT2D eigenvalue weighted by Gasteiger charge is -2.09. The molecule has 0 spiro atoms. The number of hydrogen-bond acceptors (Lipinski definition) is 4. The van der Waals surface area contributed by atoms with Crippen LogP contribution in [-0.4, -0.2) is 22.5 Å². The molecule has 2 rings (SSSR count). The van der Waals surface area contributed by atoms with Gasteiger partial charge < -0.3 is 9.72 Å². The van der Waals surface area contributed by atoms with E-state index in [0.29, 0.717) is 6.42 Å². The second-order valence-electron chi connectivity index (χ2n) is 4.22. The Balaban J connectivity index is 2.58. The van der Waals surface area contributed by atoms with Crippen LogP contribution in [0.3, 0.4) is 0 Å². The van der Waals surface area contributed by atoms with Gasteiger partial charge in [0.15, 0.2) is 0 Å². The lowest BCUT2D eigenvalue weighted by atomic mass is 10.0. The van der Waals surface area contributed by atoms with Crippen molar-refractivity contribution in [1.29, 1.82) is 0 Å². The predicted molar refractivity (Wildman–Crippen MR) is 75.6 cm³/mol. The van der Waals surface area contributed by atoms with Gasteiger partial charge in [0.05, 0.1) is 6.61 Å². The van der Waals surface area contributed by atoms with Crippen LogP contribution in [0.5, 0.6) is 0 Å². The van der Waals surface area contributed by atoms with Gasteiger partial charge in [0.2, 0.25) is 0 Å². The van der Waals surface area contributed by atoms with Crippen LogP contribution in [0.1, 0.15) is 29.9 Å². The Hall–Kier alpha value is -2.43. The molecule has 0 aromatic carbocycles. The van der Waals surface area contributed by atoms with E-state index in [1.807, 2.05) is 19.1 Å². The average Bonchev–Trinajstić information content (AvgIpc) is 2.48. The zero-order valence-electron chi connectivity index (χ0n) is 11.5. The highest BCUT2D eigenvalue weighted by Crippen LogP contribution is 2.22. The van der Waals surface area contributed by atoms with Crippen LogP contribution in [0.15, 0.2) is 35.4 Å². The van der Waals surface area contributed by atoms with Crippen molar-refractivity contribution < 1.29 is 9.53 Å². The summed E-state index contributed by atoms with van der Waals surface area (Å²) in [5.41, 5.74) is 2.02. The maximum atomic E-state index is 11.9. The summed E-state index contributed by atoms with van der Waals surface area (Å²) in [6.45, 7) is 3.87. The highest BCUT2D eigenvalue weighted by molar-refractivity contribution is 5.90. The van der Waals surface area contributed by atoms with Gasteiger partial charge >= 0.3 is 5.97 Å². The second kappa shape index (κ2) is 6.14. The van der Waals surface area contributed by atoms with Gasteiger partial charge in [0.25, 0.3) is 5.56 Å². The highest BCUT2D eigenvalue weighted by Gasteiger charge is 2.16. The Morgan fingerprint density at radius 2 is 2.20 bits per heavy atom. The third-order valence-electron chi connectivity index (χ3n) is 2.94. The van der Waals surface area contributed by atoms with Gasteiger partial charge in [-0.3, -0.25) is 9.78 Å². The van der Waals surface area contributed by atoms with Gasteiger partial charge in [-0.1, -0.05) is 13.0 Å². The first kappa shape index (κ1) is 14.0. The number of carbonyl (C=O) groups is 1. The number of aromatic amines is 1. The number of aromatic nitrogens is 2. The molecule has 2 aromatic heterocycles. The van der Waals surface area contributed by atoms with E-state index in [2.05, 4.69) is 9.97 Å². The van der Waals surface area contributed by atoms with E-state index < -0.39 is 11.5 Å². The molecule has 0 fully saturated rings. The monoisotopic (exact) mass is 272 g/mol. The van der Waals surface area contributed by atoms with Crippen LogP contribution in [0.2, 0.25) is 0 Å². The number of ether oxygens (including phenoxy) is 1. The second-order valence-corrected chi connectivity index (χ2v) is 4.22. The minimum atomic E-state index is -0.610. The van der Waals surface area contributed by atoms with Gasteiger partial charge in [-0.2, -0.15) is 0 Å². The summed E-state index contributed by atoms with van der Waals surface area (Å²) in [7, 11) is 0. The van der Waals surface area contributed by atoms with Crippen molar-refractivity contribution >= 4 is 5.97 Å². The van der Waals surface area contributed by atoms with E-state index in [4.69, 9.17) is 4.74 Å². The molecule has 0 aliphatic heterocycles. The van der Waals surface area contributed by atoms with Gasteiger partial charge in [-0.15, -0.1) is 0 Å². The Bertz CT molecular complexity index is 663. The zero-order valence-corrected chi connectivity index (χ0v) is 11.5. The topological polar surface area (TPSA) is 72.0 Å². The molecule has 0 atom stereocenters. The number of rotatable bonds is 4. The third kappa shape index (κ3) is 2.77. The third-order valence-corrected chi connectivity index (χ3v) is 2.94. The molecule has 20 heavy (non-hydrogen) atoms. The smallest absolute Gasteiger partial charge is 0.343 e. The van der Waals surface area contributed by atoms with E-state index in [1.165, 1.54) is 0 Å². The lowest BCUT2D eigenvalue weighted by molar-refractivity contribution is 0.0524. The van der Waals surface area contributed by atoms with Crippen molar-refractivity contribution in [2.75, 3.05) is 6.61 Å². The summed E-state index contributed by atoms with van der Waals surface area (Å²) >= 11 is 0. The molecule has 5 nitrogen and oxygen atoms in total. The molecule has 0 radical (unpaired) electrons. The van der Waals surface area contributed by atoms with Crippen molar-refractivity contribution in [3.63, 3.8) is 0 Å². The summed E-state index contributed by atoms with van der Waals surface area (Å²) in [5, 5.41) is 0. The fraction of sp³-hybridized carbons (Fsp3) is 0.267. The van der Waals surface area contributed by atoms with Crippen LogP contribution in [0.25, 0.3) is 11.1 Å². The van der Waals surface area contributed by atoms with Crippen LogP contribution in [0, 0.1) is 0 Å². The number of H-pyrrole nitrogens is 1. The molecular weight excluding hydrogens is 256 g/mol. The van der Waals surface area contributed by atoms with Crippen molar-refractivity contribution in [1.82, 2.24) is 9.97 Å². The normalized spacial score (nSPS) is 10.3. The standard InChI is InChI=1S/C15H16N2O3/c1-3-13-11(10-6-5-7-16-9-10)8-12(14(18)17-13)15(19)20-4-2/h5-9H,3-4H2,1-2H3,(H,17,18). The lowest BCUT2D eigenvalue weighted by Crippen LogP contribution is -2.21. The molecule has 5 heteroatoms. The first-order valence-corrected chi connectivity index (χ1v) is 6.51. The first-order chi connectivity index (χ1) is 9.67. The van der Waals surface area contributed by atoms with Crippen molar-refractivity contribution in [3.05, 3.63) is 52.2 Å². The van der Waals surface area contributed by atoms with E-state index in [-0.39, 0.29) is 12.2 Å². The molecule has 104 valence electrons. The maximum absolute atomic E-state index is 11.9. The van der Waals surface area contributed by atoms with Crippen LogP contribution in [0.4, 0.5) is 0 Å². The summed E-state index contributed by atoms with van der Waals surface area (Å²) in [6, 6.07) is 5.27. The number of pyridine rings is 2. The number of esters is 1. The van der Waals surface area contributed by atoms with Gasteiger partial charge in [-0.25, -0.2) is 4.79 Å². The summed E-state index contributed by atoms with van der Waals surface area (Å²) in [5.74, 6) is -0.610. The zero-order chi connectivity index (χ0) is 14.5. The van der Waals surface area contributed by atoms with Crippen molar-refractivity contribution in [2.45, 2.75) is 20.3 Å². The number of carbonyl (C=O) groups excluding carboxylic acids is 1. The van der Waals surface area contributed by atoms with Gasteiger partial charge in [0, 0.05) is 29.2 Å². The Morgan fingerprint density at radius 3 is 2.80 bits per heavy atom. The fourth-order valence-electron chi connectivity index (χ4n) is 1.99. The Labute approximate surface area is 116 Å². The fourth-order valence-corrected chi connectivity index (χ4v) is 1.99. The summed E-state index contributed by atoms with van der Waals surface area (Å²) < 4.78 is 4.90. The molecule has 0 saturated heterocycles. The molecule has 0 bridgehead atoms. The number of nitrogens with zero attached hydrogens (tertiary/aromatic N) is 1. The molecule has 1 N–H and O–H groups in total. The first-order valence-electron chi connectivity index (χ1n) is 6.51. The Kier molecular flexibility index (Phi) is 4.30. The maximum Gasteiger partial charge on any atom is 0.343 e. The molecule has 0 aliphatic rings. The minimum absolute atomic E-state index is 0.0166.